The van der Waals surface area contributed by atoms with Gasteiger partial charge in [-0.05, 0) is 0 Å². The third-order valence-corrected chi connectivity index (χ3v) is 0. The molecule has 0 aliphatic heterocycles. The van der Waals surface area contributed by atoms with Crippen molar-refractivity contribution in [1.29, 1.82) is 0 Å². The fourth-order valence-corrected chi connectivity index (χ4v) is 0. The number of rotatable bonds is 0. The molecule has 1 N–H and O–H groups in total. The van der Waals surface area contributed by atoms with Gasteiger partial charge in [-0.15, -0.1) is 0 Å². The van der Waals surface area contributed by atoms with Crippen LogP contribution in [-0.4, -0.2) is 11.1 Å². The molecule has 0 fully saturated rings. The first-order chi connectivity index (χ1) is 3.46. The van der Waals surface area contributed by atoms with Crippen molar-refractivity contribution in [3.8, 4) is 0 Å². The summed E-state index contributed by atoms with van der Waals surface area (Å²) < 4.78 is 25.7. The Bertz CT molecular complexity index is 59.2. The Morgan fingerprint density at radius 2 is 1.44 bits per heavy atom. The fourth-order valence-electron chi connectivity index (χ4n) is 0. The van der Waals surface area contributed by atoms with E-state index in [0.717, 1.165) is 6.92 Å². The second-order valence-corrected chi connectivity index (χ2v) is 1.79. The van der Waals surface area contributed by atoms with Crippen LogP contribution in [0.1, 0.15) is 6.92 Å². The summed E-state index contributed by atoms with van der Waals surface area (Å²) in [4.78, 5) is 9.00. The Hall–Kier alpha value is 1.72. The van der Waals surface area contributed by atoms with Crippen LogP contribution >= 0.6 is 0 Å². The average molecular weight is 274 g/mol. The van der Waals surface area contributed by atoms with Gasteiger partial charge >= 0.3 is 51.4 Å². The van der Waals surface area contributed by atoms with E-state index in [2.05, 4.69) is 0 Å². The van der Waals surface area contributed by atoms with Crippen LogP contribution in [0.3, 0.4) is 0 Å². The molecule has 0 radical (unpaired) electrons. The second kappa shape index (κ2) is 12.4. The summed E-state index contributed by atoms with van der Waals surface area (Å²) >= 11 is -4.01. The summed E-state index contributed by atoms with van der Waals surface area (Å²) in [7, 11) is 0. The van der Waals surface area contributed by atoms with E-state index in [9.17, 15) is 0 Å². The summed E-state index contributed by atoms with van der Waals surface area (Å²) in [5.41, 5.74) is 0. The predicted molar refractivity (Wildman–Crippen MR) is 13.3 cm³/mol. The Morgan fingerprint density at radius 3 is 1.44 bits per heavy atom. The van der Waals surface area contributed by atoms with E-state index < -0.39 is 27.0 Å². The average Bonchev–Trinajstić information content (AvgIpc) is 1.25. The van der Waals surface area contributed by atoms with Gasteiger partial charge in [0.1, 0.15) is 0 Å². The molecule has 0 aliphatic rings. The maximum atomic E-state index is 9.00. The Morgan fingerprint density at radius 1 is 1.44 bits per heavy atom. The zero-order valence-corrected chi connectivity index (χ0v) is 10.2. The third-order valence-electron chi connectivity index (χ3n) is 0. The molecule has 0 heterocycles. The number of carboxylic acid groups (broad SMARTS) is 1. The molecule has 0 bridgehead atoms. The van der Waals surface area contributed by atoms with E-state index in [1.54, 1.807) is 0 Å². The number of hydrogen-bond acceptors (Lipinski definition) is 4. The van der Waals surface area contributed by atoms with Gasteiger partial charge in [0.25, 0.3) is 27.0 Å². The number of hydrogen-bond donors (Lipinski definition) is 1. The molecule has 0 saturated carbocycles. The molecule has 0 amide bonds. The molecule has 0 atom stereocenters. The van der Waals surface area contributed by atoms with Gasteiger partial charge in [-0.25, -0.2) is 0 Å². The van der Waals surface area contributed by atoms with Gasteiger partial charge in [-0.1, -0.05) is 0 Å². The van der Waals surface area contributed by atoms with Crippen LogP contribution in [0.2, 0.25) is 0 Å². The van der Waals surface area contributed by atoms with Crippen molar-refractivity contribution < 1.29 is 92.7 Å². The molecular weight excluding hydrogens is 270 g/mol. The van der Waals surface area contributed by atoms with Crippen molar-refractivity contribution >= 4 is 5.97 Å². The number of carbonyl (C=O) groups is 1. The van der Waals surface area contributed by atoms with Gasteiger partial charge in [0.15, 0.2) is 0 Å². The first-order valence-electron chi connectivity index (χ1n) is 1.39. The quantitative estimate of drug-likeness (QED) is 0.349. The molecule has 0 aromatic rings. The molecule has 0 aliphatic carbocycles. The smallest absolute Gasteiger partial charge is 0.481 e. The zero-order valence-electron chi connectivity index (χ0n) is 4.96. The fraction of sp³-hybridized carbons (Fsp3) is 0.500. The SMILES string of the molecule is CC(=O)O.[K+].[O-][I+2]([O-])[O-]. The van der Waals surface area contributed by atoms with E-state index >= 15 is 0 Å². The van der Waals surface area contributed by atoms with Gasteiger partial charge < -0.3 is 15.4 Å². The topological polar surface area (TPSA) is 106 Å². The van der Waals surface area contributed by atoms with Crippen molar-refractivity contribution in [1.82, 2.24) is 0 Å². The van der Waals surface area contributed by atoms with E-state index in [0.29, 0.717) is 0 Å². The van der Waals surface area contributed by atoms with Crippen molar-refractivity contribution in [2.75, 3.05) is 0 Å². The molecule has 0 aromatic heterocycles. The van der Waals surface area contributed by atoms with Gasteiger partial charge in [0.2, 0.25) is 0 Å². The summed E-state index contributed by atoms with van der Waals surface area (Å²) in [5.74, 6) is -0.833. The largest absolute Gasteiger partial charge is 1.00 e. The first kappa shape index (κ1) is 17.0. The number of carboxylic acids is 1. The molecule has 5 nitrogen and oxygen atoms in total. The predicted octanol–water partition coefficient (Wildman–Crippen LogP) is -9.47. The van der Waals surface area contributed by atoms with E-state index in [1.807, 2.05) is 0 Å². The molecule has 50 valence electrons. The minimum absolute atomic E-state index is 0. The van der Waals surface area contributed by atoms with Crippen LogP contribution in [0.15, 0.2) is 0 Å². The van der Waals surface area contributed by atoms with Crippen LogP contribution in [-0.2, 0) is 4.79 Å². The summed E-state index contributed by atoms with van der Waals surface area (Å²) in [6.45, 7) is 1.08. The molecule has 9 heavy (non-hydrogen) atoms. The van der Waals surface area contributed by atoms with Crippen LogP contribution in [0.25, 0.3) is 0 Å². The van der Waals surface area contributed by atoms with Gasteiger partial charge in [0, 0.05) is 6.92 Å². The van der Waals surface area contributed by atoms with E-state index in [-0.39, 0.29) is 51.4 Å². The molecular formula is C2H4IKO5. The molecule has 0 rings (SSSR count). The number of halogens is 1. The summed E-state index contributed by atoms with van der Waals surface area (Å²) in [6.07, 6.45) is 0. The normalized spacial score (nSPS) is 6.78. The van der Waals surface area contributed by atoms with Crippen molar-refractivity contribution in [3.63, 3.8) is 0 Å². The zero-order chi connectivity index (χ0) is 7.15. The van der Waals surface area contributed by atoms with Crippen LogP contribution in [0.4, 0.5) is 0 Å². The first-order valence-corrected chi connectivity index (χ1v) is 4.03. The molecule has 0 spiro atoms. The molecule has 0 aromatic carbocycles. The van der Waals surface area contributed by atoms with Gasteiger partial charge in [0.05, 0.1) is 0 Å². The van der Waals surface area contributed by atoms with E-state index in [1.165, 1.54) is 0 Å². The minimum atomic E-state index is -4.01. The molecule has 0 unspecified atom stereocenters. The van der Waals surface area contributed by atoms with Crippen LogP contribution in [0, 0.1) is 0 Å². The van der Waals surface area contributed by atoms with Gasteiger partial charge in [-0.2, -0.15) is 0 Å². The summed E-state index contributed by atoms with van der Waals surface area (Å²) in [6, 6.07) is 0. The molecule has 7 heteroatoms. The van der Waals surface area contributed by atoms with Crippen molar-refractivity contribution in [2.24, 2.45) is 0 Å². The van der Waals surface area contributed by atoms with Crippen molar-refractivity contribution in [3.05, 3.63) is 0 Å². The minimum Gasteiger partial charge on any atom is -0.481 e. The van der Waals surface area contributed by atoms with Crippen molar-refractivity contribution in [2.45, 2.75) is 6.92 Å². The Labute approximate surface area is 104 Å². The van der Waals surface area contributed by atoms with Crippen LogP contribution < -0.4 is 82.8 Å². The van der Waals surface area contributed by atoms with E-state index in [4.69, 9.17) is 20.2 Å². The maximum Gasteiger partial charge on any atom is 1.00 e. The van der Waals surface area contributed by atoms with Crippen LogP contribution in [0.5, 0.6) is 0 Å². The van der Waals surface area contributed by atoms with Gasteiger partial charge in [-0.3, -0.25) is 4.79 Å². The number of aliphatic carboxylic acids is 1. The Balaban J connectivity index is -0.0000000720. The third kappa shape index (κ3) is 196. The second-order valence-electron chi connectivity index (χ2n) is 0.708. The summed E-state index contributed by atoms with van der Waals surface area (Å²) in [5, 5.41) is 7.42. The Kier molecular flexibility index (Phi) is 23.4. The monoisotopic (exact) mass is 274 g/mol. The maximum absolute atomic E-state index is 9.00. The standard InChI is InChI=1S/C2H4O2.IO3.K/c1-2(3)4;2-1(3)4;/h1H3,(H,3,4);;/q;-1;+1. The molecule has 0 saturated heterocycles.